The first-order valence-corrected chi connectivity index (χ1v) is 8.73. The molecule has 0 aromatic heterocycles. The highest BCUT2D eigenvalue weighted by Crippen LogP contribution is 2.23. The van der Waals surface area contributed by atoms with Gasteiger partial charge >= 0.3 is 0 Å². The van der Waals surface area contributed by atoms with Crippen LogP contribution >= 0.6 is 12.4 Å². The molecule has 2 unspecified atom stereocenters. The van der Waals surface area contributed by atoms with E-state index >= 15 is 0 Å². The van der Waals surface area contributed by atoms with Gasteiger partial charge in [0, 0.05) is 6.42 Å². The molecule has 1 aliphatic rings. The predicted octanol–water partition coefficient (Wildman–Crippen LogP) is 3.55. The van der Waals surface area contributed by atoms with Gasteiger partial charge in [0.15, 0.2) is 11.6 Å². The molecular weight excluding hydrogens is 343 g/mol. The van der Waals surface area contributed by atoms with Crippen LogP contribution in [-0.2, 0) is 4.79 Å². The average Bonchev–Trinajstić information content (AvgIpc) is 3.03. The van der Waals surface area contributed by atoms with Gasteiger partial charge in [-0.15, -0.1) is 12.4 Å². The molecule has 1 aliphatic heterocycles. The van der Waals surface area contributed by atoms with Gasteiger partial charge in [0.2, 0.25) is 5.91 Å². The van der Waals surface area contributed by atoms with E-state index in [-0.39, 0.29) is 47.9 Å². The van der Waals surface area contributed by atoms with Crippen LogP contribution in [0.15, 0.2) is 24.3 Å². The number of nitrogens with one attached hydrogen (secondary N) is 2. The zero-order valence-corrected chi connectivity index (χ0v) is 16.1. The number of benzene rings is 1. The number of amides is 1. The van der Waals surface area contributed by atoms with E-state index in [1.54, 1.807) is 18.2 Å². The number of para-hydroxylation sites is 1. The molecule has 1 aromatic carbocycles. The second-order valence-corrected chi connectivity index (χ2v) is 7.63. The van der Waals surface area contributed by atoms with Crippen molar-refractivity contribution in [2.24, 2.45) is 11.3 Å². The van der Waals surface area contributed by atoms with Crippen molar-refractivity contribution in [3.63, 3.8) is 0 Å². The number of halogens is 2. The molecule has 6 heteroatoms. The normalized spacial score (nSPS) is 18.3. The van der Waals surface area contributed by atoms with Crippen LogP contribution in [0.4, 0.5) is 4.39 Å². The molecule has 2 N–H and O–H groups in total. The van der Waals surface area contributed by atoms with Crippen molar-refractivity contribution in [3.05, 3.63) is 30.1 Å². The number of hydrogen-bond donors (Lipinski definition) is 2. The van der Waals surface area contributed by atoms with Crippen LogP contribution in [0.25, 0.3) is 0 Å². The summed E-state index contributed by atoms with van der Waals surface area (Å²) in [4.78, 5) is 12.3. The van der Waals surface area contributed by atoms with E-state index in [4.69, 9.17) is 4.74 Å². The summed E-state index contributed by atoms with van der Waals surface area (Å²) in [6.07, 6.45) is 2.58. The first-order valence-electron chi connectivity index (χ1n) is 8.73. The smallest absolute Gasteiger partial charge is 0.220 e. The predicted molar refractivity (Wildman–Crippen MR) is 101 cm³/mol. The molecule has 1 saturated heterocycles. The van der Waals surface area contributed by atoms with E-state index in [1.165, 1.54) is 6.07 Å². The molecule has 2 atom stereocenters. The van der Waals surface area contributed by atoms with Gasteiger partial charge in [-0.3, -0.25) is 4.79 Å². The minimum absolute atomic E-state index is 0. The summed E-state index contributed by atoms with van der Waals surface area (Å²) in [5, 5.41) is 6.38. The molecule has 1 heterocycles. The number of carbonyl (C=O) groups is 1. The summed E-state index contributed by atoms with van der Waals surface area (Å²) in [5.74, 6) is 0.473. The van der Waals surface area contributed by atoms with Crippen LogP contribution in [0.1, 0.15) is 40.0 Å². The monoisotopic (exact) mass is 372 g/mol. The Hall–Kier alpha value is -1.33. The van der Waals surface area contributed by atoms with Crippen molar-refractivity contribution in [2.75, 3.05) is 19.7 Å². The first kappa shape index (κ1) is 21.7. The Kier molecular flexibility index (Phi) is 8.66. The number of hydrogen-bond acceptors (Lipinski definition) is 3. The van der Waals surface area contributed by atoms with E-state index < -0.39 is 0 Å². The lowest BCUT2D eigenvalue weighted by Crippen LogP contribution is -2.47. The second-order valence-electron chi connectivity index (χ2n) is 7.63. The molecule has 0 spiro atoms. The Morgan fingerprint density at radius 3 is 2.72 bits per heavy atom. The number of rotatable bonds is 7. The fourth-order valence-corrected chi connectivity index (χ4v) is 2.81. The highest BCUT2D eigenvalue weighted by molar-refractivity contribution is 5.85. The van der Waals surface area contributed by atoms with Gasteiger partial charge in [0.25, 0.3) is 0 Å². The van der Waals surface area contributed by atoms with Crippen LogP contribution in [0.2, 0.25) is 0 Å². The zero-order valence-electron chi connectivity index (χ0n) is 15.3. The van der Waals surface area contributed by atoms with Gasteiger partial charge in [-0.1, -0.05) is 32.9 Å². The summed E-state index contributed by atoms with van der Waals surface area (Å²) in [7, 11) is 0. The third-order valence-electron chi connectivity index (χ3n) is 4.56. The van der Waals surface area contributed by atoms with Gasteiger partial charge < -0.3 is 15.4 Å². The Morgan fingerprint density at radius 1 is 1.40 bits per heavy atom. The second kappa shape index (κ2) is 9.97. The Balaban J connectivity index is 0.00000312. The molecule has 142 valence electrons. The van der Waals surface area contributed by atoms with Crippen LogP contribution in [-0.4, -0.2) is 31.6 Å². The molecule has 1 aromatic rings. The molecule has 1 fully saturated rings. The van der Waals surface area contributed by atoms with E-state index in [0.717, 1.165) is 25.9 Å². The SMILES string of the molecule is CC(C)(C)C(COc1ccccc1F)NC(=O)CCC1CCNC1.Cl. The maximum absolute atomic E-state index is 13.7. The van der Waals surface area contributed by atoms with Gasteiger partial charge in [-0.05, 0) is 49.4 Å². The number of ether oxygens (including phenoxy) is 1. The quantitative estimate of drug-likeness (QED) is 0.769. The molecule has 1 amide bonds. The Labute approximate surface area is 156 Å². The fourth-order valence-electron chi connectivity index (χ4n) is 2.81. The van der Waals surface area contributed by atoms with Crippen molar-refractivity contribution < 1.29 is 13.9 Å². The summed E-state index contributed by atoms with van der Waals surface area (Å²) < 4.78 is 19.3. The van der Waals surface area contributed by atoms with Crippen LogP contribution in [0.5, 0.6) is 5.75 Å². The van der Waals surface area contributed by atoms with Gasteiger partial charge in [0.1, 0.15) is 6.61 Å². The lowest BCUT2D eigenvalue weighted by Gasteiger charge is -2.31. The van der Waals surface area contributed by atoms with Gasteiger partial charge in [-0.2, -0.15) is 0 Å². The molecular formula is C19H30ClFN2O2. The summed E-state index contributed by atoms with van der Waals surface area (Å²) in [5.41, 5.74) is -0.171. The molecule has 0 radical (unpaired) electrons. The Morgan fingerprint density at radius 2 is 2.12 bits per heavy atom. The van der Waals surface area contributed by atoms with Crippen molar-refractivity contribution in [1.29, 1.82) is 0 Å². The van der Waals surface area contributed by atoms with Crippen molar-refractivity contribution in [1.82, 2.24) is 10.6 Å². The van der Waals surface area contributed by atoms with Crippen molar-refractivity contribution in [2.45, 2.75) is 46.1 Å². The van der Waals surface area contributed by atoms with E-state index in [0.29, 0.717) is 12.3 Å². The largest absolute Gasteiger partial charge is 0.488 e. The van der Waals surface area contributed by atoms with Crippen LogP contribution in [0, 0.1) is 17.2 Å². The highest BCUT2D eigenvalue weighted by Gasteiger charge is 2.27. The van der Waals surface area contributed by atoms with E-state index in [9.17, 15) is 9.18 Å². The standard InChI is InChI=1S/C19H29FN2O2.ClH/c1-19(2,3)17(13-24-16-7-5-4-6-15(16)20)22-18(23)9-8-14-10-11-21-12-14;/h4-7,14,17,21H,8-13H2,1-3H3,(H,22,23);1H. The topological polar surface area (TPSA) is 50.4 Å². The average molecular weight is 373 g/mol. The molecule has 4 nitrogen and oxygen atoms in total. The Bertz CT molecular complexity index is 542. The van der Waals surface area contributed by atoms with E-state index in [1.807, 2.05) is 20.8 Å². The highest BCUT2D eigenvalue weighted by atomic mass is 35.5. The van der Waals surface area contributed by atoms with Gasteiger partial charge in [-0.25, -0.2) is 4.39 Å². The van der Waals surface area contributed by atoms with Gasteiger partial charge in [0.05, 0.1) is 6.04 Å². The summed E-state index contributed by atoms with van der Waals surface area (Å²) in [6.45, 7) is 8.44. The molecule has 0 bridgehead atoms. The van der Waals surface area contributed by atoms with Crippen LogP contribution < -0.4 is 15.4 Å². The molecule has 0 aliphatic carbocycles. The maximum Gasteiger partial charge on any atom is 0.220 e. The molecule has 0 saturated carbocycles. The fraction of sp³-hybridized carbons (Fsp3) is 0.632. The van der Waals surface area contributed by atoms with E-state index in [2.05, 4.69) is 10.6 Å². The summed E-state index contributed by atoms with van der Waals surface area (Å²) in [6, 6.07) is 6.16. The van der Waals surface area contributed by atoms with Crippen molar-refractivity contribution in [3.8, 4) is 5.75 Å². The van der Waals surface area contributed by atoms with Crippen LogP contribution in [0.3, 0.4) is 0 Å². The maximum atomic E-state index is 13.7. The minimum atomic E-state index is -0.384. The zero-order chi connectivity index (χ0) is 17.6. The lowest BCUT2D eigenvalue weighted by molar-refractivity contribution is -0.123. The lowest BCUT2D eigenvalue weighted by atomic mass is 9.87. The summed E-state index contributed by atoms with van der Waals surface area (Å²) >= 11 is 0. The third-order valence-corrected chi connectivity index (χ3v) is 4.56. The molecule has 25 heavy (non-hydrogen) atoms. The third kappa shape index (κ3) is 7.20. The first-order chi connectivity index (χ1) is 11.4. The molecule has 2 rings (SSSR count). The minimum Gasteiger partial charge on any atom is -0.488 e. The van der Waals surface area contributed by atoms with Crippen molar-refractivity contribution >= 4 is 18.3 Å². The number of carbonyl (C=O) groups excluding carboxylic acids is 1.